The second-order valence-corrected chi connectivity index (χ2v) is 20.1. The Morgan fingerprint density at radius 1 is 0.695 bits per heavy atom. The van der Waals surface area contributed by atoms with E-state index in [1.807, 2.05) is 13.0 Å². The second kappa shape index (κ2) is 8.24. The molecule has 8 aliphatic carbocycles. The molecule has 2 nitrogen and oxygen atoms in total. The first-order chi connectivity index (χ1) is 28.7. The molecule has 0 spiro atoms. The minimum atomic E-state index is -4.47. The summed E-state index contributed by atoms with van der Waals surface area (Å²) in [5.74, 6) is 2.19. The van der Waals surface area contributed by atoms with Gasteiger partial charge in [0.25, 0.3) is 0 Å². The average Bonchev–Trinajstić information content (AvgIpc) is 3.83. The van der Waals surface area contributed by atoms with Crippen molar-refractivity contribution < 1.29 is 22.7 Å². The Morgan fingerprint density at radius 2 is 1.41 bits per heavy atom. The first kappa shape index (κ1) is 29.5. The Balaban J connectivity index is 1.09. The van der Waals surface area contributed by atoms with E-state index < -0.39 is 17.2 Å². The molecule has 18 rings (SSSR count). The van der Waals surface area contributed by atoms with Crippen LogP contribution in [-0.4, -0.2) is 13.1 Å². The highest BCUT2D eigenvalue weighted by Crippen LogP contribution is 2.82. The van der Waals surface area contributed by atoms with Crippen molar-refractivity contribution in [2.75, 3.05) is 7.11 Å². The number of carbonyl (C=O) groups excluding carboxylic acids is 1. The summed E-state index contributed by atoms with van der Waals surface area (Å²) in [6.45, 7) is 1.81. The molecule has 9 unspecified atom stereocenters. The van der Waals surface area contributed by atoms with Crippen LogP contribution in [0.3, 0.4) is 0 Å². The fourth-order valence-corrected chi connectivity index (χ4v) is 17.3. The van der Waals surface area contributed by atoms with Crippen molar-refractivity contribution in [1.82, 2.24) is 0 Å². The lowest BCUT2D eigenvalue weighted by atomic mass is 9.65. The van der Waals surface area contributed by atoms with Crippen LogP contribution in [-0.2, 0) is 21.1 Å². The zero-order valence-electron chi connectivity index (χ0n) is 32.0. The predicted molar refractivity (Wildman–Crippen MR) is 227 cm³/mol. The number of rotatable bonds is 5. The van der Waals surface area contributed by atoms with Crippen molar-refractivity contribution in [3.8, 4) is 0 Å². The van der Waals surface area contributed by atoms with E-state index in [9.17, 15) is 18.0 Å². The maximum Gasteiger partial charge on any atom is 0.416 e. The van der Waals surface area contributed by atoms with E-state index >= 15 is 0 Å². The van der Waals surface area contributed by atoms with Gasteiger partial charge in [0, 0.05) is 41.4 Å². The smallest absolute Gasteiger partial charge is 0.416 e. The van der Waals surface area contributed by atoms with Gasteiger partial charge in [0.2, 0.25) is 0 Å². The monoisotopic (exact) mass is 768 g/mol. The Kier molecular flexibility index (Phi) is 4.12. The summed E-state index contributed by atoms with van der Waals surface area (Å²) in [4.78, 5) is 12.7. The van der Waals surface area contributed by atoms with Gasteiger partial charge in [-0.25, -0.2) is 0 Å². The van der Waals surface area contributed by atoms with E-state index in [1.54, 1.807) is 27.1 Å². The molecule has 0 saturated heterocycles. The Labute approximate surface area is 333 Å². The third-order valence-corrected chi connectivity index (χ3v) is 18.6. The number of esters is 1. The summed E-state index contributed by atoms with van der Waals surface area (Å²) in [7, 11) is 1.42. The highest BCUT2D eigenvalue weighted by molar-refractivity contribution is 6.57. The highest BCUT2D eigenvalue weighted by Gasteiger charge is 2.70. The number of ether oxygens (including phenoxy) is 1. The van der Waals surface area contributed by atoms with E-state index in [0.717, 1.165) is 5.56 Å². The normalized spacial score (nSPS) is 30.6. The summed E-state index contributed by atoms with van der Waals surface area (Å²) >= 11 is 0. The molecule has 2 saturated carbocycles. The first-order valence-electron chi connectivity index (χ1n) is 21.7. The molecular formula is C54H31F3O2. The van der Waals surface area contributed by atoms with Crippen molar-refractivity contribution in [3.05, 3.63) is 116 Å². The molecule has 0 heterocycles. The highest BCUT2D eigenvalue weighted by atomic mass is 19.4. The van der Waals surface area contributed by atoms with E-state index in [0.29, 0.717) is 53.9 Å². The molecule has 0 amide bonds. The predicted octanol–water partition coefficient (Wildman–Crippen LogP) is 12.5. The van der Waals surface area contributed by atoms with Crippen LogP contribution in [0.5, 0.6) is 0 Å². The van der Waals surface area contributed by atoms with Crippen molar-refractivity contribution in [2.45, 2.75) is 67.4 Å². The van der Waals surface area contributed by atoms with Gasteiger partial charge < -0.3 is 4.74 Å². The first-order valence-corrected chi connectivity index (χ1v) is 21.7. The van der Waals surface area contributed by atoms with Crippen LogP contribution in [0.25, 0.3) is 97.8 Å². The summed E-state index contributed by atoms with van der Waals surface area (Å²) in [5, 5.41) is 24.6. The zero-order chi connectivity index (χ0) is 38.4. The Bertz CT molecular complexity index is 3940. The van der Waals surface area contributed by atoms with E-state index in [2.05, 4.69) is 48.6 Å². The van der Waals surface area contributed by atoms with Crippen LogP contribution in [0, 0.1) is 24.7 Å². The standard InChI is InChI=1S/C54H31F3O2/c1-17-14-18(16-19(15-17)54(55,56)57)53(13-3-4-28(58)59-2)51-37-26-11-9-24-22-7-5-20-21-6-8-23-25-10-12-27-36-34(25)41-32(23)30(21)39-29(20)31(22)40-33(24)35(26)42-44(37)45(38(27)52(51)53)43(36)50-48(41)46(39)47(40)49(42)50/h5-12,14-16,20,22,24,29,31,33,51-52H,3-4,13H2,1-2H3. The summed E-state index contributed by atoms with van der Waals surface area (Å²) in [5.41, 5.74) is 10.7. The molecule has 8 aliphatic rings. The van der Waals surface area contributed by atoms with Gasteiger partial charge in [0.05, 0.1) is 12.7 Å². The van der Waals surface area contributed by atoms with E-state index in [1.165, 1.54) is 122 Å². The number of halogens is 3. The topological polar surface area (TPSA) is 26.3 Å². The maximum absolute atomic E-state index is 14.8. The van der Waals surface area contributed by atoms with Crippen molar-refractivity contribution >= 4 is 104 Å². The lowest BCUT2D eigenvalue weighted by Crippen LogP contribution is -2.31. The third kappa shape index (κ3) is 2.52. The van der Waals surface area contributed by atoms with Crippen LogP contribution in [0.1, 0.15) is 98.9 Å². The lowest BCUT2D eigenvalue weighted by Gasteiger charge is -2.37. The molecule has 0 bridgehead atoms. The number of allylic oxidation sites excluding steroid dienone is 3. The molecule has 9 atom stereocenters. The van der Waals surface area contributed by atoms with E-state index in [4.69, 9.17) is 4.74 Å². The van der Waals surface area contributed by atoms with Gasteiger partial charge in [-0.3, -0.25) is 4.79 Å². The molecule has 0 aliphatic heterocycles. The Morgan fingerprint density at radius 3 is 2.25 bits per heavy atom. The lowest BCUT2D eigenvalue weighted by molar-refractivity contribution is -0.140. The van der Waals surface area contributed by atoms with Crippen LogP contribution in [0.15, 0.2) is 60.7 Å². The van der Waals surface area contributed by atoms with Crippen molar-refractivity contribution in [3.63, 3.8) is 0 Å². The van der Waals surface area contributed by atoms with Crippen molar-refractivity contribution in [2.24, 2.45) is 17.8 Å². The molecule has 10 aromatic carbocycles. The number of hydrogen-bond donors (Lipinski definition) is 0. The molecule has 0 aromatic heterocycles. The van der Waals surface area contributed by atoms with E-state index in [-0.39, 0.29) is 24.2 Å². The molecule has 0 N–H and O–H groups in total. The Hall–Kier alpha value is -5.68. The van der Waals surface area contributed by atoms with Gasteiger partial charge in [0.1, 0.15) is 0 Å². The molecule has 5 heteroatoms. The molecule has 10 aromatic rings. The fourth-order valence-electron chi connectivity index (χ4n) is 17.3. The van der Waals surface area contributed by atoms with Gasteiger partial charge in [-0.05, 0) is 186 Å². The van der Waals surface area contributed by atoms with Crippen molar-refractivity contribution in [1.29, 1.82) is 0 Å². The van der Waals surface area contributed by atoms with Gasteiger partial charge in [-0.1, -0.05) is 60.2 Å². The number of benzene rings is 6. The number of aryl methyl sites for hydroxylation is 1. The minimum absolute atomic E-state index is 0.00306. The average molecular weight is 769 g/mol. The van der Waals surface area contributed by atoms with Gasteiger partial charge >= 0.3 is 12.1 Å². The van der Waals surface area contributed by atoms with Gasteiger partial charge in [-0.15, -0.1) is 0 Å². The second-order valence-electron chi connectivity index (χ2n) is 20.1. The van der Waals surface area contributed by atoms with Crippen LogP contribution < -0.4 is 5.22 Å². The van der Waals surface area contributed by atoms with Crippen LogP contribution in [0.4, 0.5) is 13.2 Å². The summed E-state index contributed by atoms with van der Waals surface area (Å²) < 4.78 is 49.6. The van der Waals surface area contributed by atoms with Gasteiger partial charge in [-0.2, -0.15) is 13.2 Å². The zero-order valence-corrected chi connectivity index (χ0v) is 32.0. The quantitative estimate of drug-likeness (QED) is 0.0990. The number of methoxy groups -OCH3 is 1. The maximum atomic E-state index is 14.8. The summed E-state index contributed by atoms with van der Waals surface area (Å²) in [6, 6.07) is 14.5. The summed E-state index contributed by atoms with van der Waals surface area (Å²) in [6.07, 6.45) is 7.19. The molecular weight excluding hydrogens is 738 g/mol. The van der Waals surface area contributed by atoms with Crippen LogP contribution >= 0.6 is 0 Å². The molecule has 0 radical (unpaired) electrons. The minimum Gasteiger partial charge on any atom is -0.469 e. The number of carbonyl (C=O) groups is 1. The fraction of sp³-hybridized carbons (Fsp3) is 0.278. The largest absolute Gasteiger partial charge is 0.469 e. The van der Waals surface area contributed by atoms with Gasteiger partial charge in [0.15, 0.2) is 0 Å². The SMILES string of the molecule is COC(=O)CCCC1(c2cc(C)cc(C(F)(F)F)c2)C2c3c4c5c6c3c3c(c7ccc8c9ccc%10c%11c%12c%13c(c6c6c%13c(c%119)c8c7c36)=C3C5C(C=C4)C4C=CC%10C%12C34)C21. The molecule has 2 fully saturated rings. The number of alkyl halides is 3. The number of hydrogen-bond acceptors (Lipinski definition) is 2. The van der Waals surface area contributed by atoms with Crippen LogP contribution in [0.2, 0.25) is 0 Å². The number of fused-ring (bicyclic) bond motifs is 8. The third-order valence-electron chi connectivity index (χ3n) is 18.6. The molecule has 59 heavy (non-hydrogen) atoms. The molecule has 280 valence electrons.